The number of halogens is 1. The van der Waals surface area contributed by atoms with E-state index in [1.165, 1.54) is 4.90 Å². The Balaban J connectivity index is 2.05. The molecule has 2 fully saturated rings. The Bertz CT molecular complexity index is 708. The third kappa shape index (κ3) is 3.13. The second-order valence-corrected chi connectivity index (χ2v) is 7.56. The second-order valence-electron chi connectivity index (χ2n) is 7.13. The second kappa shape index (κ2) is 6.71. The van der Waals surface area contributed by atoms with Crippen molar-refractivity contribution in [2.75, 3.05) is 20.6 Å². The maximum Gasteiger partial charge on any atom is 0.407 e. The first kappa shape index (κ1) is 17.8. The van der Waals surface area contributed by atoms with Crippen molar-refractivity contribution in [3.8, 4) is 0 Å². The quantitative estimate of drug-likeness (QED) is 0.835. The first-order valence-corrected chi connectivity index (χ1v) is 8.90. The molecular weight excluding hydrogens is 340 g/mol. The lowest BCUT2D eigenvalue weighted by Gasteiger charge is -2.52. The van der Waals surface area contributed by atoms with Gasteiger partial charge in [0.2, 0.25) is 0 Å². The Hall–Kier alpha value is -2.01. The van der Waals surface area contributed by atoms with E-state index in [4.69, 9.17) is 11.6 Å². The molecule has 1 atom stereocenters. The minimum Gasteiger partial charge on any atom is -0.465 e. The topological polar surface area (TPSA) is 60.9 Å². The monoisotopic (exact) mass is 362 g/mol. The lowest BCUT2D eigenvalue weighted by atomic mass is 9.57. The number of benzene rings is 1. The molecule has 1 aliphatic carbocycles. The average molecular weight is 363 g/mol. The van der Waals surface area contributed by atoms with Crippen molar-refractivity contribution >= 4 is 23.5 Å². The van der Waals surface area contributed by atoms with Crippen LogP contribution in [0.1, 0.15) is 31.2 Å². The minimum atomic E-state index is -1.03. The molecule has 0 bridgehead atoms. The number of amides is 1. The highest BCUT2D eigenvalue weighted by Crippen LogP contribution is 2.50. The fourth-order valence-electron chi connectivity index (χ4n) is 4.06. The van der Waals surface area contributed by atoms with Gasteiger partial charge in [-0.3, -0.25) is 9.69 Å². The highest BCUT2D eigenvalue weighted by atomic mass is 35.5. The van der Waals surface area contributed by atoms with Crippen LogP contribution in [0.3, 0.4) is 0 Å². The summed E-state index contributed by atoms with van der Waals surface area (Å²) in [5, 5.41) is 10.3. The molecule has 1 saturated heterocycles. The molecule has 1 aliphatic heterocycles. The molecule has 1 aromatic rings. The molecule has 1 N–H and O–H groups in total. The molecule has 2 aliphatic rings. The van der Waals surface area contributed by atoms with E-state index in [0.717, 1.165) is 24.8 Å². The first-order chi connectivity index (χ1) is 11.8. The maximum absolute atomic E-state index is 13.2. The lowest BCUT2D eigenvalue weighted by molar-refractivity contribution is -0.126. The molecule has 0 radical (unpaired) electrons. The fraction of sp³-hybridized carbons (Fsp3) is 0.474. The van der Waals surface area contributed by atoms with Gasteiger partial charge >= 0.3 is 6.09 Å². The fourth-order valence-corrected chi connectivity index (χ4v) is 4.19. The normalized spacial score (nSPS) is 24.1. The summed E-state index contributed by atoms with van der Waals surface area (Å²) in [7, 11) is 3.74. The van der Waals surface area contributed by atoms with Crippen LogP contribution < -0.4 is 0 Å². The Morgan fingerprint density at radius 3 is 2.44 bits per heavy atom. The number of nitrogens with zero attached hydrogens (tertiary/aromatic N) is 2. The van der Waals surface area contributed by atoms with Crippen molar-refractivity contribution in [1.29, 1.82) is 0 Å². The lowest BCUT2D eigenvalue weighted by Crippen LogP contribution is -2.62. The summed E-state index contributed by atoms with van der Waals surface area (Å²) < 4.78 is 0. The number of carbonyl (C=O) groups is 2. The molecule has 0 aromatic heterocycles. The van der Waals surface area contributed by atoms with Crippen molar-refractivity contribution in [2.24, 2.45) is 0 Å². The van der Waals surface area contributed by atoms with E-state index < -0.39 is 17.6 Å². The Morgan fingerprint density at radius 1 is 1.32 bits per heavy atom. The molecular formula is C19H23ClN2O3. The highest BCUT2D eigenvalue weighted by Gasteiger charge is 2.54. The minimum absolute atomic E-state index is 0.0722. The van der Waals surface area contributed by atoms with Crippen LogP contribution in [0.4, 0.5) is 4.79 Å². The zero-order chi connectivity index (χ0) is 18.2. The Morgan fingerprint density at radius 2 is 1.96 bits per heavy atom. The smallest absolute Gasteiger partial charge is 0.407 e. The number of carbonyl (C=O) groups excluding carboxylic acids is 1. The van der Waals surface area contributed by atoms with Gasteiger partial charge in [0.1, 0.15) is 6.04 Å². The van der Waals surface area contributed by atoms with Crippen molar-refractivity contribution < 1.29 is 14.7 Å². The van der Waals surface area contributed by atoms with E-state index in [9.17, 15) is 14.7 Å². The number of carboxylic acid groups (broad SMARTS) is 1. The molecule has 25 heavy (non-hydrogen) atoms. The van der Waals surface area contributed by atoms with Crippen LogP contribution in [0.15, 0.2) is 36.0 Å². The average Bonchev–Trinajstić information content (AvgIpc) is 2.50. The maximum atomic E-state index is 13.2. The summed E-state index contributed by atoms with van der Waals surface area (Å²) in [6.45, 7) is 0.348. The van der Waals surface area contributed by atoms with E-state index in [-0.39, 0.29) is 5.78 Å². The number of hydrogen-bond donors (Lipinski definition) is 1. The first-order valence-electron chi connectivity index (χ1n) is 8.52. The van der Waals surface area contributed by atoms with Gasteiger partial charge in [-0.15, -0.1) is 0 Å². The van der Waals surface area contributed by atoms with Gasteiger partial charge in [0, 0.05) is 42.9 Å². The Labute approximate surface area is 152 Å². The molecule has 1 aromatic carbocycles. The number of rotatable bonds is 3. The van der Waals surface area contributed by atoms with Gasteiger partial charge in [-0.2, -0.15) is 0 Å². The summed E-state index contributed by atoms with van der Waals surface area (Å²) in [5.74, 6) is -0.0722. The number of piperidine rings is 1. The zero-order valence-electron chi connectivity index (χ0n) is 14.5. The van der Waals surface area contributed by atoms with Crippen molar-refractivity contribution in [1.82, 2.24) is 9.80 Å². The van der Waals surface area contributed by atoms with Gasteiger partial charge < -0.3 is 10.0 Å². The van der Waals surface area contributed by atoms with E-state index in [2.05, 4.69) is 0 Å². The number of hydrogen-bond acceptors (Lipinski definition) is 3. The van der Waals surface area contributed by atoms with Gasteiger partial charge in [-0.25, -0.2) is 4.79 Å². The predicted octanol–water partition coefficient (Wildman–Crippen LogP) is 3.53. The largest absolute Gasteiger partial charge is 0.465 e. The molecule has 3 rings (SSSR count). The van der Waals surface area contributed by atoms with Crippen LogP contribution in [0.2, 0.25) is 5.02 Å². The molecule has 1 amide bonds. The summed E-state index contributed by atoms with van der Waals surface area (Å²) in [5.41, 5.74) is 1.25. The molecule has 6 heteroatoms. The van der Waals surface area contributed by atoms with Crippen LogP contribution in [0.5, 0.6) is 0 Å². The summed E-state index contributed by atoms with van der Waals surface area (Å²) in [6, 6.07) is 6.81. The van der Waals surface area contributed by atoms with E-state index in [0.29, 0.717) is 23.6 Å². The summed E-state index contributed by atoms with van der Waals surface area (Å²) in [6.07, 6.45) is 3.86. The van der Waals surface area contributed by atoms with Gasteiger partial charge in [-0.1, -0.05) is 30.2 Å². The van der Waals surface area contributed by atoms with Gasteiger partial charge in [0.05, 0.1) is 0 Å². The van der Waals surface area contributed by atoms with Crippen molar-refractivity contribution in [2.45, 2.75) is 37.1 Å². The van der Waals surface area contributed by atoms with Crippen LogP contribution >= 0.6 is 11.6 Å². The van der Waals surface area contributed by atoms with Crippen LogP contribution in [0.25, 0.3) is 0 Å². The van der Waals surface area contributed by atoms with Gasteiger partial charge in [0.15, 0.2) is 5.78 Å². The summed E-state index contributed by atoms with van der Waals surface area (Å²) in [4.78, 5) is 28.2. The third-order valence-corrected chi connectivity index (χ3v) is 5.60. The van der Waals surface area contributed by atoms with Crippen LogP contribution in [0, 0.1) is 0 Å². The van der Waals surface area contributed by atoms with Crippen molar-refractivity contribution in [3.05, 3.63) is 46.6 Å². The SMILES string of the molecule is CN(C)/C=C1/CCN(C(=O)O)C(C2(c3ccc(Cl)cc3)CCC2)C1=O. The van der Waals surface area contributed by atoms with Gasteiger partial charge in [-0.05, 0) is 37.0 Å². The molecule has 1 heterocycles. The van der Waals surface area contributed by atoms with E-state index in [1.54, 1.807) is 0 Å². The van der Waals surface area contributed by atoms with E-state index >= 15 is 0 Å². The third-order valence-electron chi connectivity index (χ3n) is 5.35. The molecule has 0 spiro atoms. The molecule has 134 valence electrons. The van der Waals surface area contributed by atoms with E-state index in [1.807, 2.05) is 49.5 Å². The predicted molar refractivity (Wildman–Crippen MR) is 96.9 cm³/mol. The molecule has 5 nitrogen and oxygen atoms in total. The van der Waals surface area contributed by atoms with Gasteiger partial charge in [0.25, 0.3) is 0 Å². The number of Topliss-reactive ketones (excluding diaryl/α,β-unsaturated/α-hetero) is 1. The van der Waals surface area contributed by atoms with Crippen LogP contribution in [-0.2, 0) is 10.2 Å². The Kier molecular flexibility index (Phi) is 4.78. The van der Waals surface area contributed by atoms with Crippen LogP contribution in [-0.4, -0.2) is 53.5 Å². The molecule has 1 unspecified atom stereocenters. The highest BCUT2D eigenvalue weighted by molar-refractivity contribution is 6.30. The summed E-state index contributed by atoms with van der Waals surface area (Å²) >= 11 is 6.01. The zero-order valence-corrected chi connectivity index (χ0v) is 15.3. The number of likely N-dealkylation sites (tertiary alicyclic amines) is 1. The van der Waals surface area contributed by atoms with Crippen molar-refractivity contribution in [3.63, 3.8) is 0 Å². The standard InChI is InChI=1S/C19H23ClN2O3/c1-21(2)12-13-8-11-22(18(24)25)17(16(13)23)19(9-3-10-19)14-4-6-15(20)7-5-14/h4-7,12,17H,3,8-11H2,1-2H3,(H,24,25)/b13-12-. The number of ketones is 1. The molecule has 1 saturated carbocycles.